The normalized spacial score (nSPS) is 9.75. The number of benzene rings is 1. The van der Waals surface area contributed by atoms with Gasteiger partial charge in [-0.1, -0.05) is 12.1 Å². The average molecular weight is 209 g/mol. The van der Waals surface area contributed by atoms with E-state index in [0.717, 1.165) is 22.5 Å². The van der Waals surface area contributed by atoms with Crippen molar-refractivity contribution in [1.82, 2.24) is 4.98 Å². The number of aryl methyl sites for hydroxylation is 1. The van der Waals surface area contributed by atoms with Gasteiger partial charge in [-0.15, -0.1) is 0 Å². The van der Waals surface area contributed by atoms with Crippen molar-refractivity contribution in [1.29, 1.82) is 5.26 Å². The van der Waals surface area contributed by atoms with Crippen molar-refractivity contribution >= 4 is 5.69 Å². The molecule has 2 N–H and O–H groups in total. The summed E-state index contributed by atoms with van der Waals surface area (Å²) < 4.78 is 0. The largest absolute Gasteiger partial charge is 0.398 e. The molecule has 0 aliphatic heterocycles. The number of anilines is 1. The molecule has 16 heavy (non-hydrogen) atoms. The lowest BCUT2D eigenvalue weighted by molar-refractivity contribution is 1.30. The molecule has 0 spiro atoms. The van der Waals surface area contributed by atoms with Crippen molar-refractivity contribution in [2.45, 2.75) is 6.92 Å². The zero-order valence-corrected chi connectivity index (χ0v) is 8.94. The Morgan fingerprint density at radius 3 is 2.62 bits per heavy atom. The van der Waals surface area contributed by atoms with Crippen molar-refractivity contribution in [2.75, 3.05) is 5.73 Å². The van der Waals surface area contributed by atoms with Crippen LogP contribution in [0.5, 0.6) is 0 Å². The summed E-state index contributed by atoms with van der Waals surface area (Å²) >= 11 is 0. The van der Waals surface area contributed by atoms with Crippen LogP contribution in [0.25, 0.3) is 11.3 Å². The molecular weight excluding hydrogens is 198 g/mol. The number of nitrogens with zero attached hydrogens (tertiary/aromatic N) is 2. The van der Waals surface area contributed by atoms with E-state index < -0.39 is 0 Å². The fourth-order valence-electron chi connectivity index (χ4n) is 1.43. The molecule has 2 aromatic rings. The van der Waals surface area contributed by atoms with Gasteiger partial charge >= 0.3 is 0 Å². The number of nitriles is 1. The fraction of sp³-hybridized carbons (Fsp3) is 0.0769. The van der Waals surface area contributed by atoms with E-state index in [0.29, 0.717) is 5.56 Å². The maximum absolute atomic E-state index is 8.67. The average Bonchev–Trinajstić information content (AvgIpc) is 2.33. The first kappa shape index (κ1) is 10.2. The summed E-state index contributed by atoms with van der Waals surface area (Å²) in [5, 5.41) is 8.67. The van der Waals surface area contributed by atoms with Gasteiger partial charge in [0.25, 0.3) is 0 Å². The number of nitrogen functional groups attached to an aromatic ring is 1. The Kier molecular flexibility index (Phi) is 2.57. The van der Waals surface area contributed by atoms with Crippen molar-refractivity contribution < 1.29 is 0 Å². The van der Waals surface area contributed by atoms with E-state index in [9.17, 15) is 0 Å². The quantitative estimate of drug-likeness (QED) is 0.734. The van der Waals surface area contributed by atoms with Crippen LogP contribution in [0.3, 0.4) is 0 Å². The SMILES string of the molecule is Cc1ccc(-c2ccc(C#N)cn2)cc1N. The molecule has 0 radical (unpaired) electrons. The lowest BCUT2D eigenvalue weighted by Gasteiger charge is -2.04. The zero-order valence-electron chi connectivity index (χ0n) is 8.94. The number of aromatic nitrogens is 1. The molecule has 1 heterocycles. The monoisotopic (exact) mass is 209 g/mol. The van der Waals surface area contributed by atoms with E-state index in [1.54, 1.807) is 12.3 Å². The minimum atomic E-state index is 0.559. The predicted octanol–water partition coefficient (Wildman–Crippen LogP) is 2.51. The van der Waals surface area contributed by atoms with Crippen molar-refractivity contribution in [3.63, 3.8) is 0 Å². The second kappa shape index (κ2) is 4.03. The molecule has 0 fully saturated rings. The van der Waals surface area contributed by atoms with E-state index in [2.05, 4.69) is 4.98 Å². The van der Waals surface area contributed by atoms with Gasteiger partial charge in [0.15, 0.2) is 0 Å². The lowest BCUT2D eigenvalue weighted by Crippen LogP contribution is -1.91. The van der Waals surface area contributed by atoms with Gasteiger partial charge in [0, 0.05) is 17.4 Å². The number of hydrogen-bond donors (Lipinski definition) is 1. The Morgan fingerprint density at radius 2 is 2.06 bits per heavy atom. The van der Waals surface area contributed by atoms with Gasteiger partial charge in [-0.3, -0.25) is 4.98 Å². The summed E-state index contributed by atoms with van der Waals surface area (Å²) in [6, 6.07) is 11.4. The minimum Gasteiger partial charge on any atom is -0.398 e. The molecular formula is C13H11N3. The Balaban J connectivity index is 2.43. The van der Waals surface area contributed by atoms with Gasteiger partial charge in [-0.25, -0.2) is 0 Å². The molecule has 0 amide bonds. The van der Waals surface area contributed by atoms with Crippen LogP contribution in [0.4, 0.5) is 5.69 Å². The summed E-state index contributed by atoms with van der Waals surface area (Å²) in [6.45, 7) is 1.96. The molecule has 3 nitrogen and oxygen atoms in total. The fourth-order valence-corrected chi connectivity index (χ4v) is 1.43. The first-order chi connectivity index (χ1) is 7.70. The minimum absolute atomic E-state index is 0.559. The molecule has 0 aliphatic rings. The number of rotatable bonds is 1. The molecule has 0 saturated heterocycles. The first-order valence-electron chi connectivity index (χ1n) is 4.93. The Bertz CT molecular complexity index is 550. The molecule has 0 bridgehead atoms. The van der Waals surface area contributed by atoms with E-state index in [1.165, 1.54) is 0 Å². The van der Waals surface area contributed by atoms with Gasteiger partial charge in [0.1, 0.15) is 6.07 Å². The summed E-state index contributed by atoms with van der Waals surface area (Å²) in [7, 11) is 0. The Morgan fingerprint density at radius 1 is 1.25 bits per heavy atom. The van der Waals surface area contributed by atoms with Crippen molar-refractivity contribution in [3.05, 3.63) is 47.7 Å². The summed E-state index contributed by atoms with van der Waals surface area (Å²) in [5.74, 6) is 0. The lowest BCUT2D eigenvalue weighted by atomic mass is 10.1. The third kappa shape index (κ3) is 1.86. The van der Waals surface area contributed by atoms with E-state index in [-0.39, 0.29) is 0 Å². The van der Waals surface area contributed by atoms with E-state index in [4.69, 9.17) is 11.0 Å². The molecule has 0 unspecified atom stereocenters. The molecule has 1 aromatic carbocycles. The Hall–Kier alpha value is -2.34. The highest BCUT2D eigenvalue weighted by molar-refractivity contribution is 5.66. The zero-order chi connectivity index (χ0) is 11.5. The summed E-state index contributed by atoms with van der Waals surface area (Å²) in [4.78, 5) is 4.21. The third-order valence-corrected chi connectivity index (χ3v) is 2.47. The summed E-state index contributed by atoms with van der Waals surface area (Å²) in [6.07, 6.45) is 1.56. The van der Waals surface area contributed by atoms with Gasteiger partial charge in [0.05, 0.1) is 11.3 Å². The maximum atomic E-state index is 8.67. The molecule has 78 valence electrons. The molecule has 0 aliphatic carbocycles. The van der Waals surface area contributed by atoms with Gasteiger partial charge in [-0.2, -0.15) is 5.26 Å². The first-order valence-corrected chi connectivity index (χ1v) is 4.93. The van der Waals surface area contributed by atoms with Gasteiger partial charge in [0.2, 0.25) is 0 Å². The van der Waals surface area contributed by atoms with Crippen LogP contribution < -0.4 is 5.73 Å². The van der Waals surface area contributed by atoms with E-state index >= 15 is 0 Å². The highest BCUT2D eigenvalue weighted by atomic mass is 14.7. The topological polar surface area (TPSA) is 62.7 Å². The number of nitrogens with two attached hydrogens (primary N) is 1. The van der Waals surface area contributed by atoms with Crippen LogP contribution in [0.1, 0.15) is 11.1 Å². The van der Waals surface area contributed by atoms with Crippen molar-refractivity contribution in [3.8, 4) is 17.3 Å². The molecule has 0 atom stereocenters. The molecule has 1 aromatic heterocycles. The molecule has 2 rings (SSSR count). The predicted molar refractivity (Wildman–Crippen MR) is 63.5 cm³/mol. The standard InChI is InChI=1S/C13H11N3/c1-9-2-4-11(6-12(9)15)13-5-3-10(7-14)8-16-13/h2-6,8H,15H2,1H3. The van der Waals surface area contributed by atoms with Crippen LogP contribution in [0, 0.1) is 18.3 Å². The van der Waals surface area contributed by atoms with Gasteiger partial charge in [-0.05, 0) is 30.7 Å². The van der Waals surface area contributed by atoms with Crippen LogP contribution in [-0.2, 0) is 0 Å². The van der Waals surface area contributed by atoms with Crippen molar-refractivity contribution in [2.24, 2.45) is 0 Å². The second-order valence-corrected chi connectivity index (χ2v) is 3.62. The van der Waals surface area contributed by atoms with E-state index in [1.807, 2.05) is 37.3 Å². The number of hydrogen-bond acceptors (Lipinski definition) is 3. The maximum Gasteiger partial charge on any atom is 0.101 e. The smallest absolute Gasteiger partial charge is 0.101 e. The molecule has 3 heteroatoms. The van der Waals surface area contributed by atoms with Crippen LogP contribution in [0.2, 0.25) is 0 Å². The highest BCUT2D eigenvalue weighted by Gasteiger charge is 2.01. The third-order valence-electron chi connectivity index (χ3n) is 2.47. The summed E-state index contributed by atoms with van der Waals surface area (Å²) in [5.41, 5.74) is 9.99. The Labute approximate surface area is 94.2 Å². The van der Waals surface area contributed by atoms with Crippen LogP contribution >= 0.6 is 0 Å². The second-order valence-electron chi connectivity index (χ2n) is 3.62. The highest BCUT2D eigenvalue weighted by Crippen LogP contribution is 2.21. The van der Waals surface area contributed by atoms with Crippen LogP contribution in [0.15, 0.2) is 36.5 Å². The van der Waals surface area contributed by atoms with Crippen LogP contribution in [-0.4, -0.2) is 4.98 Å². The molecule has 0 saturated carbocycles. The number of pyridine rings is 1. The van der Waals surface area contributed by atoms with Gasteiger partial charge < -0.3 is 5.73 Å².